The number of primary amides is 1. The Bertz CT molecular complexity index is 1340. The number of nitriles is 1. The minimum Gasteiger partial charge on any atom is -0.393 e. The first-order chi connectivity index (χ1) is 17.8. The van der Waals surface area contributed by atoms with Gasteiger partial charge in [0, 0.05) is 18.0 Å². The number of anilines is 3. The lowest BCUT2D eigenvalue weighted by Gasteiger charge is -2.29. The molecule has 1 aromatic carbocycles. The van der Waals surface area contributed by atoms with Gasteiger partial charge < -0.3 is 21.5 Å². The summed E-state index contributed by atoms with van der Waals surface area (Å²) in [6.07, 6.45) is 7.11. The number of aliphatic hydroxyl groups excluding tert-OH is 1. The number of nitrogens with one attached hydrogen (secondary N) is 2. The largest absolute Gasteiger partial charge is 0.393 e. The monoisotopic (exact) mass is 526 g/mol. The molecule has 2 heterocycles. The molecule has 12 heteroatoms. The number of benzene rings is 1. The minimum atomic E-state index is -0.676. The molecule has 2 aliphatic carbocycles. The van der Waals surface area contributed by atoms with Crippen LogP contribution in [0.5, 0.6) is 0 Å². The summed E-state index contributed by atoms with van der Waals surface area (Å²) in [5, 5.41) is 25.5. The summed E-state index contributed by atoms with van der Waals surface area (Å²) in [5.41, 5.74) is 6.72. The Morgan fingerprint density at radius 1 is 1.22 bits per heavy atom. The van der Waals surface area contributed by atoms with Crippen LogP contribution in [0.25, 0.3) is 11.2 Å². The number of aliphatic hydroxyl groups is 1. The lowest BCUT2D eigenvalue weighted by molar-refractivity contribution is -0.122. The number of carbonyl (C=O) groups excluding carboxylic acids is 1. The predicted octanol–water partition coefficient (Wildman–Crippen LogP) is 4.17. The number of nitrogens with two attached hydrogens (primary N) is 1. The van der Waals surface area contributed by atoms with Crippen LogP contribution >= 0.6 is 11.6 Å². The summed E-state index contributed by atoms with van der Waals surface area (Å²) >= 11 is 6.30. The van der Waals surface area contributed by atoms with E-state index in [1.165, 1.54) is 6.07 Å². The van der Waals surface area contributed by atoms with Gasteiger partial charge in [0.15, 0.2) is 5.65 Å². The first-order valence-electron chi connectivity index (χ1n) is 12.5. The molecule has 37 heavy (non-hydrogen) atoms. The van der Waals surface area contributed by atoms with Crippen LogP contribution in [-0.4, -0.2) is 42.7 Å². The summed E-state index contributed by atoms with van der Waals surface area (Å²) in [4.78, 5) is 25.5. The van der Waals surface area contributed by atoms with E-state index in [1.54, 1.807) is 6.20 Å². The molecule has 5 N–H and O–H groups in total. The number of halogens is 2. The van der Waals surface area contributed by atoms with E-state index in [0.29, 0.717) is 55.2 Å². The molecule has 0 saturated heterocycles. The molecule has 1 unspecified atom stereocenters. The molecular weight excluding hydrogens is 499 g/mol. The number of hydrogen-bond acceptors (Lipinski definition) is 8. The van der Waals surface area contributed by atoms with Gasteiger partial charge in [0.2, 0.25) is 17.8 Å². The number of carbonyl (C=O) groups is 1. The first-order valence-corrected chi connectivity index (χ1v) is 12.8. The van der Waals surface area contributed by atoms with Gasteiger partial charge in [-0.2, -0.15) is 10.2 Å². The molecule has 0 aliphatic heterocycles. The molecule has 2 atom stereocenters. The van der Waals surface area contributed by atoms with Gasteiger partial charge in [0.1, 0.15) is 11.3 Å². The quantitative estimate of drug-likeness (QED) is 0.373. The number of rotatable bonds is 6. The molecule has 0 bridgehead atoms. The Morgan fingerprint density at radius 3 is 2.68 bits per heavy atom. The molecule has 0 spiro atoms. The van der Waals surface area contributed by atoms with Gasteiger partial charge >= 0.3 is 0 Å². The van der Waals surface area contributed by atoms with E-state index in [1.807, 2.05) is 10.6 Å². The average Bonchev–Trinajstić information content (AvgIpc) is 3.23. The van der Waals surface area contributed by atoms with Crippen molar-refractivity contribution in [3.63, 3.8) is 0 Å². The summed E-state index contributed by atoms with van der Waals surface area (Å²) in [6.45, 7) is 0. The molecular formula is C25H28ClFN8O2. The summed E-state index contributed by atoms with van der Waals surface area (Å²) in [6, 6.07) is 4.38. The van der Waals surface area contributed by atoms with Crippen LogP contribution < -0.4 is 16.4 Å². The number of hydrogen-bond donors (Lipinski definition) is 4. The lowest BCUT2D eigenvalue weighted by Crippen LogP contribution is -2.30. The number of nitrogens with zero attached hydrogens (tertiary/aromatic N) is 5. The van der Waals surface area contributed by atoms with Gasteiger partial charge in [0.05, 0.1) is 34.6 Å². The van der Waals surface area contributed by atoms with Crippen LogP contribution in [0.3, 0.4) is 0 Å². The molecule has 5 rings (SSSR count). The first kappa shape index (κ1) is 25.2. The fourth-order valence-electron chi connectivity index (χ4n) is 5.36. The zero-order valence-corrected chi connectivity index (χ0v) is 20.9. The number of amides is 1. The zero-order chi connectivity index (χ0) is 26.1. The number of aromatic nitrogens is 4. The standard InChI is InChI=1S/C25H28ClFN8O2/c26-18-8-13(11-28)9-19(27)21(18)33-25-32-20-12-30-24(31-15-2-1-3-17(36)10-15)34-23(20)35(25)16-6-4-14(5-7-16)22(29)37/h8-9,12,14-17,36H,1-7,10H2,(H2,29,37)(H,32,33)(H,30,31,34)/t14?,15-,16?,17?/m1/s1. The Morgan fingerprint density at radius 2 is 2.00 bits per heavy atom. The van der Waals surface area contributed by atoms with Gasteiger partial charge in [-0.25, -0.2) is 14.4 Å². The van der Waals surface area contributed by atoms with Crippen molar-refractivity contribution >= 4 is 46.3 Å². The van der Waals surface area contributed by atoms with Crippen LogP contribution in [0.2, 0.25) is 5.02 Å². The summed E-state index contributed by atoms with van der Waals surface area (Å²) in [5.74, 6) is -0.403. The third kappa shape index (κ3) is 5.31. The van der Waals surface area contributed by atoms with E-state index in [-0.39, 0.29) is 46.3 Å². The van der Waals surface area contributed by atoms with Gasteiger partial charge in [-0.05, 0) is 63.5 Å². The highest BCUT2D eigenvalue weighted by Crippen LogP contribution is 2.38. The second-order valence-corrected chi connectivity index (χ2v) is 10.2. The zero-order valence-electron chi connectivity index (χ0n) is 20.1. The van der Waals surface area contributed by atoms with E-state index in [9.17, 15) is 14.3 Å². The summed E-state index contributed by atoms with van der Waals surface area (Å²) < 4.78 is 16.8. The van der Waals surface area contributed by atoms with Gasteiger partial charge in [-0.1, -0.05) is 11.6 Å². The molecule has 2 saturated carbocycles. The molecule has 2 aliphatic rings. The highest BCUT2D eigenvalue weighted by molar-refractivity contribution is 6.33. The Kier molecular flexibility index (Phi) is 7.13. The van der Waals surface area contributed by atoms with E-state index in [2.05, 4.69) is 20.6 Å². The molecule has 2 fully saturated rings. The van der Waals surface area contributed by atoms with Crippen LogP contribution in [0.1, 0.15) is 63.0 Å². The molecule has 10 nitrogen and oxygen atoms in total. The molecule has 3 aromatic rings. The van der Waals surface area contributed by atoms with Gasteiger partial charge in [-0.15, -0.1) is 0 Å². The Labute approximate surface area is 218 Å². The minimum absolute atomic E-state index is 0.00513. The maximum absolute atomic E-state index is 14.9. The second-order valence-electron chi connectivity index (χ2n) is 9.83. The topological polar surface area (TPSA) is 155 Å². The normalized spacial score (nSPS) is 23.9. The molecule has 2 aromatic heterocycles. The number of imidazole rings is 1. The maximum Gasteiger partial charge on any atom is 0.224 e. The maximum atomic E-state index is 14.9. The highest BCUT2D eigenvalue weighted by atomic mass is 35.5. The van der Waals surface area contributed by atoms with Crippen LogP contribution in [0.4, 0.5) is 22.0 Å². The number of fused-ring (bicyclic) bond motifs is 1. The predicted molar refractivity (Wildman–Crippen MR) is 137 cm³/mol. The van der Waals surface area contributed by atoms with Crippen LogP contribution in [-0.2, 0) is 4.79 Å². The highest BCUT2D eigenvalue weighted by Gasteiger charge is 2.30. The fourth-order valence-corrected chi connectivity index (χ4v) is 5.61. The van der Waals surface area contributed by atoms with E-state index in [0.717, 1.165) is 25.3 Å². The SMILES string of the molecule is N#Cc1cc(F)c(Nc2nc3cnc(N[C@@H]4CCCC(O)C4)nc3n2C2CCC(C(N)=O)CC2)c(Cl)c1. The smallest absolute Gasteiger partial charge is 0.224 e. The van der Waals surface area contributed by atoms with Crippen LogP contribution in [0.15, 0.2) is 18.3 Å². The van der Waals surface area contributed by atoms with Crippen molar-refractivity contribution in [3.8, 4) is 6.07 Å². The van der Waals surface area contributed by atoms with Gasteiger partial charge in [-0.3, -0.25) is 9.36 Å². The van der Waals surface area contributed by atoms with Crippen molar-refractivity contribution in [2.45, 2.75) is 69.6 Å². The molecule has 1 amide bonds. The fraction of sp³-hybridized carbons (Fsp3) is 0.480. The van der Waals surface area contributed by atoms with Crippen molar-refractivity contribution in [2.75, 3.05) is 10.6 Å². The molecule has 194 valence electrons. The van der Waals surface area contributed by atoms with Crippen molar-refractivity contribution in [1.29, 1.82) is 5.26 Å². The third-order valence-corrected chi connectivity index (χ3v) is 7.58. The van der Waals surface area contributed by atoms with Crippen molar-refractivity contribution in [3.05, 3.63) is 34.7 Å². The Hall–Kier alpha value is -3.49. The lowest BCUT2D eigenvalue weighted by atomic mass is 9.85. The van der Waals surface area contributed by atoms with Crippen molar-refractivity contribution < 1.29 is 14.3 Å². The van der Waals surface area contributed by atoms with Gasteiger partial charge in [0.25, 0.3) is 0 Å². The molecule has 0 radical (unpaired) electrons. The van der Waals surface area contributed by atoms with E-state index >= 15 is 0 Å². The average molecular weight is 527 g/mol. The Balaban J connectivity index is 1.52. The van der Waals surface area contributed by atoms with E-state index < -0.39 is 5.82 Å². The second kappa shape index (κ2) is 10.5. The van der Waals surface area contributed by atoms with Crippen molar-refractivity contribution in [1.82, 2.24) is 19.5 Å². The van der Waals surface area contributed by atoms with E-state index in [4.69, 9.17) is 27.6 Å². The third-order valence-electron chi connectivity index (χ3n) is 7.28. The summed E-state index contributed by atoms with van der Waals surface area (Å²) in [7, 11) is 0. The van der Waals surface area contributed by atoms with Crippen molar-refractivity contribution in [2.24, 2.45) is 11.7 Å². The van der Waals surface area contributed by atoms with Crippen LogP contribution in [0, 0.1) is 23.1 Å².